The zero-order valence-electron chi connectivity index (χ0n) is 11.1. The fraction of sp³-hybridized carbons (Fsp3) is 0.214. The number of fused-ring (bicyclic) bond motifs is 1. The van der Waals surface area contributed by atoms with Crippen LogP contribution in [-0.2, 0) is 11.2 Å². The second kappa shape index (κ2) is 4.72. The number of carboxylic acids is 1. The minimum atomic E-state index is -0.861. The number of aryl methyl sites for hydroxylation is 2. The Morgan fingerprint density at radius 3 is 2.90 bits per heavy atom. The Bertz CT molecular complexity index is 790. The van der Waals surface area contributed by atoms with Crippen LogP contribution in [0.25, 0.3) is 16.2 Å². The van der Waals surface area contributed by atoms with Gasteiger partial charge in [0, 0.05) is 28.5 Å². The number of aromatic nitrogens is 3. The number of carbonyl (C=O) groups is 1. The first kappa shape index (κ1) is 12.8. The van der Waals surface area contributed by atoms with Crippen molar-refractivity contribution >= 4 is 22.3 Å². The van der Waals surface area contributed by atoms with Crippen molar-refractivity contribution in [2.75, 3.05) is 0 Å². The lowest BCUT2D eigenvalue weighted by Gasteiger charge is -2.03. The molecule has 6 heteroatoms. The van der Waals surface area contributed by atoms with E-state index in [2.05, 4.69) is 9.97 Å². The molecule has 0 spiro atoms. The highest BCUT2D eigenvalue weighted by molar-refractivity contribution is 7.17. The molecule has 0 aliphatic carbocycles. The van der Waals surface area contributed by atoms with Gasteiger partial charge in [0.1, 0.15) is 0 Å². The summed E-state index contributed by atoms with van der Waals surface area (Å²) in [5.74, 6) is -0.861. The summed E-state index contributed by atoms with van der Waals surface area (Å²) in [6, 6.07) is 3.72. The summed E-state index contributed by atoms with van der Waals surface area (Å²) in [5, 5.41) is 9.16. The molecule has 3 heterocycles. The molecule has 1 N–H and O–H groups in total. The van der Waals surface area contributed by atoms with E-state index in [1.807, 2.05) is 30.4 Å². The van der Waals surface area contributed by atoms with Gasteiger partial charge < -0.3 is 5.11 Å². The smallest absolute Gasteiger partial charge is 0.309 e. The Kier molecular flexibility index (Phi) is 3.02. The molecule has 0 amide bonds. The summed E-state index contributed by atoms with van der Waals surface area (Å²) in [7, 11) is 0. The highest BCUT2D eigenvalue weighted by atomic mass is 32.1. The standard InChI is InChI=1S/C14H13N3O2S/c1-8-9(2)20-14-16-13(10-4-3-5-15-7-10)11(17(8)14)6-12(18)19/h3-5,7H,6H2,1-2H3,(H,18,19). The SMILES string of the molecule is Cc1sc2nc(-c3cccnc3)c(CC(=O)O)n2c1C. The lowest BCUT2D eigenvalue weighted by atomic mass is 10.1. The molecule has 3 rings (SSSR count). The van der Waals surface area contributed by atoms with Crippen molar-refractivity contribution in [1.82, 2.24) is 14.4 Å². The van der Waals surface area contributed by atoms with Gasteiger partial charge in [-0.25, -0.2) is 4.98 Å². The van der Waals surface area contributed by atoms with Crippen LogP contribution in [0.15, 0.2) is 24.5 Å². The van der Waals surface area contributed by atoms with Gasteiger partial charge in [-0.15, -0.1) is 11.3 Å². The van der Waals surface area contributed by atoms with Crippen LogP contribution < -0.4 is 0 Å². The summed E-state index contributed by atoms with van der Waals surface area (Å²) >= 11 is 1.57. The monoisotopic (exact) mass is 287 g/mol. The van der Waals surface area contributed by atoms with Gasteiger partial charge in [-0.3, -0.25) is 14.2 Å². The Labute approximate surface area is 119 Å². The molecule has 0 aromatic carbocycles. The maximum atomic E-state index is 11.2. The van der Waals surface area contributed by atoms with Crippen molar-refractivity contribution in [3.05, 3.63) is 40.8 Å². The van der Waals surface area contributed by atoms with Crippen LogP contribution in [0.5, 0.6) is 0 Å². The van der Waals surface area contributed by atoms with Crippen molar-refractivity contribution < 1.29 is 9.90 Å². The van der Waals surface area contributed by atoms with Crippen LogP contribution in [-0.4, -0.2) is 25.4 Å². The van der Waals surface area contributed by atoms with Crippen LogP contribution in [0, 0.1) is 13.8 Å². The molecule has 20 heavy (non-hydrogen) atoms. The van der Waals surface area contributed by atoms with Gasteiger partial charge in [0.05, 0.1) is 17.8 Å². The summed E-state index contributed by atoms with van der Waals surface area (Å²) in [5.41, 5.74) is 3.30. The number of carboxylic acid groups (broad SMARTS) is 1. The summed E-state index contributed by atoms with van der Waals surface area (Å²) in [4.78, 5) is 21.8. The first-order valence-electron chi connectivity index (χ1n) is 6.17. The molecular formula is C14H13N3O2S. The van der Waals surface area contributed by atoms with Gasteiger partial charge in [-0.05, 0) is 26.0 Å². The minimum Gasteiger partial charge on any atom is -0.481 e. The maximum absolute atomic E-state index is 11.2. The summed E-state index contributed by atoms with van der Waals surface area (Å²) < 4.78 is 1.94. The average molecular weight is 287 g/mol. The number of hydrogen-bond donors (Lipinski definition) is 1. The largest absolute Gasteiger partial charge is 0.481 e. The Balaban J connectivity index is 2.29. The topological polar surface area (TPSA) is 67.5 Å². The van der Waals surface area contributed by atoms with Gasteiger partial charge >= 0.3 is 5.97 Å². The molecule has 3 aromatic heterocycles. The molecule has 0 aliphatic rings. The predicted octanol–water partition coefficient (Wildman–Crippen LogP) is 2.70. The molecule has 3 aromatic rings. The van der Waals surface area contributed by atoms with E-state index < -0.39 is 5.97 Å². The fourth-order valence-electron chi connectivity index (χ4n) is 2.25. The van der Waals surface area contributed by atoms with E-state index in [0.717, 1.165) is 21.1 Å². The third kappa shape index (κ3) is 1.98. The van der Waals surface area contributed by atoms with Gasteiger partial charge in [-0.2, -0.15) is 0 Å². The van der Waals surface area contributed by atoms with Crippen molar-refractivity contribution in [3.63, 3.8) is 0 Å². The van der Waals surface area contributed by atoms with E-state index in [0.29, 0.717) is 11.4 Å². The normalized spacial score (nSPS) is 11.1. The molecule has 102 valence electrons. The van der Waals surface area contributed by atoms with Crippen LogP contribution in [0.3, 0.4) is 0 Å². The first-order valence-corrected chi connectivity index (χ1v) is 6.99. The van der Waals surface area contributed by atoms with E-state index in [1.54, 1.807) is 23.7 Å². The number of nitrogens with zero attached hydrogens (tertiary/aromatic N) is 3. The predicted molar refractivity (Wildman–Crippen MR) is 77.1 cm³/mol. The van der Waals surface area contributed by atoms with Crippen LogP contribution >= 0.6 is 11.3 Å². The molecule has 5 nitrogen and oxygen atoms in total. The van der Waals surface area contributed by atoms with Crippen molar-refractivity contribution in [2.24, 2.45) is 0 Å². The van der Waals surface area contributed by atoms with E-state index in [-0.39, 0.29) is 6.42 Å². The van der Waals surface area contributed by atoms with Gasteiger partial charge in [-0.1, -0.05) is 0 Å². The van der Waals surface area contributed by atoms with E-state index in [1.165, 1.54) is 0 Å². The second-order valence-corrected chi connectivity index (χ2v) is 5.76. The number of hydrogen-bond acceptors (Lipinski definition) is 4. The minimum absolute atomic E-state index is 0.0532. The zero-order chi connectivity index (χ0) is 14.3. The number of rotatable bonds is 3. The molecule has 0 unspecified atom stereocenters. The third-order valence-electron chi connectivity index (χ3n) is 3.28. The van der Waals surface area contributed by atoms with Crippen molar-refractivity contribution in [3.8, 4) is 11.3 Å². The zero-order valence-corrected chi connectivity index (χ0v) is 11.9. The molecule has 0 radical (unpaired) electrons. The van der Waals surface area contributed by atoms with Gasteiger partial charge in [0.2, 0.25) is 0 Å². The molecule has 0 fully saturated rings. The third-order valence-corrected chi connectivity index (χ3v) is 4.34. The van der Waals surface area contributed by atoms with Crippen LogP contribution in [0.4, 0.5) is 0 Å². The molecule has 0 atom stereocenters. The van der Waals surface area contributed by atoms with E-state index in [9.17, 15) is 4.79 Å². The lowest BCUT2D eigenvalue weighted by molar-refractivity contribution is -0.136. The fourth-order valence-corrected chi connectivity index (χ4v) is 3.24. The highest BCUT2D eigenvalue weighted by Crippen LogP contribution is 2.30. The maximum Gasteiger partial charge on any atom is 0.309 e. The summed E-state index contributed by atoms with van der Waals surface area (Å²) in [6.07, 6.45) is 3.34. The Morgan fingerprint density at radius 2 is 2.25 bits per heavy atom. The van der Waals surface area contributed by atoms with Gasteiger partial charge in [0.25, 0.3) is 0 Å². The van der Waals surface area contributed by atoms with Gasteiger partial charge in [0.15, 0.2) is 4.96 Å². The lowest BCUT2D eigenvalue weighted by Crippen LogP contribution is -2.05. The first-order chi connectivity index (χ1) is 9.58. The second-order valence-electron chi connectivity index (χ2n) is 4.58. The number of pyridine rings is 1. The molecular weight excluding hydrogens is 274 g/mol. The van der Waals surface area contributed by atoms with E-state index >= 15 is 0 Å². The number of thiazole rings is 1. The van der Waals surface area contributed by atoms with E-state index in [4.69, 9.17) is 5.11 Å². The van der Waals surface area contributed by atoms with Crippen molar-refractivity contribution in [1.29, 1.82) is 0 Å². The molecule has 0 aliphatic heterocycles. The molecule has 0 bridgehead atoms. The Morgan fingerprint density at radius 1 is 1.45 bits per heavy atom. The number of aliphatic carboxylic acids is 1. The molecule has 0 saturated heterocycles. The molecule has 0 saturated carbocycles. The highest BCUT2D eigenvalue weighted by Gasteiger charge is 2.20. The summed E-state index contributed by atoms with van der Waals surface area (Å²) in [6.45, 7) is 4.00. The number of imidazole rings is 1. The van der Waals surface area contributed by atoms with Crippen LogP contribution in [0.2, 0.25) is 0 Å². The van der Waals surface area contributed by atoms with Crippen LogP contribution in [0.1, 0.15) is 16.3 Å². The average Bonchev–Trinajstić information content (AvgIpc) is 2.89. The quantitative estimate of drug-likeness (QED) is 0.804. The Hall–Kier alpha value is -2.21. The van der Waals surface area contributed by atoms with Crippen molar-refractivity contribution in [2.45, 2.75) is 20.3 Å².